The molecule has 0 fully saturated rings. The molecule has 2 aromatic rings. The summed E-state index contributed by atoms with van der Waals surface area (Å²) in [5.74, 6) is 1.84. The highest BCUT2D eigenvalue weighted by atomic mass is 32.1. The molecule has 0 bridgehead atoms. The van der Waals surface area contributed by atoms with Crippen LogP contribution >= 0.6 is 11.5 Å². The van der Waals surface area contributed by atoms with Crippen molar-refractivity contribution in [2.75, 3.05) is 17.6 Å². The van der Waals surface area contributed by atoms with Crippen molar-refractivity contribution in [1.82, 2.24) is 14.5 Å². The van der Waals surface area contributed by atoms with E-state index in [2.05, 4.69) is 19.8 Å². The van der Waals surface area contributed by atoms with Gasteiger partial charge in [0.15, 0.2) is 5.82 Å². The summed E-state index contributed by atoms with van der Waals surface area (Å²) in [4.78, 5) is 4.09. The Kier molecular flexibility index (Phi) is 2.82. The predicted octanol–water partition coefficient (Wildman–Crippen LogP) is 1.07. The number of nitrogens with two attached hydrogens (primary N) is 1. The van der Waals surface area contributed by atoms with Crippen molar-refractivity contribution in [2.24, 2.45) is 0 Å². The molecule has 2 aromatic heterocycles. The molecule has 0 amide bonds. The Morgan fingerprint density at radius 1 is 1.60 bits per heavy atom. The Morgan fingerprint density at radius 2 is 2.47 bits per heavy atom. The maximum absolute atomic E-state index is 5.48. The molecule has 2 heterocycles. The lowest BCUT2D eigenvalue weighted by molar-refractivity contribution is 0.387. The normalized spacial score (nSPS) is 10.5. The second kappa shape index (κ2) is 4.26. The Morgan fingerprint density at radius 3 is 3.07 bits per heavy atom. The number of anilines is 2. The van der Waals surface area contributed by atoms with E-state index in [1.54, 1.807) is 13.0 Å². The van der Waals surface area contributed by atoms with Gasteiger partial charge in [-0.15, -0.1) is 0 Å². The second-order valence-corrected chi connectivity index (χ2v) is 3.83. The molecule has 0 saturated heterocycles. The molecular weight excluding hydrogens is 214 g/mol. The van der Waals surface area contributed by atoms with E-state index < -0.39 is 0 Å². The fraction of sp³-hybridized carbons (Fsp3) is 0.375. The first-order valence-corrected chi connectivity index (χ1v) is 5.26. The van der Waals surface area contributed by atoms with Crippen molar-refractivity contribution < 1.29 is 4.52 Å². The quantitative estimate of drug-likeness (QED) is 0.809. The molecule has 0 aliphatic carbocycles. The summed E-state index contributed by atoms with van der Waals surface area (Å²) in [7, 11) is 0. The van der Waals surface area contributed by atoms with E-state index in [1.165, 1.54) is 11.5 Å². The maximum atomic E-state index is 5.48. The van der Waals surface area contributed by atoms with Crippen LogP contribution in [0, 0.1) is 6.92 Å². The van der Waals surface area contributed by atoms with E-state index in [1.807, 2.05) is 0 Å². The van der Waals surface area contributed by atoms with Gasteiger partial charge in [0.05, 0.1) is 0 Å². The van der Waals surface area contributed by atoms with Crippen molar-refractivity contribution in [3.63, 3.8) is 0 Å². The van der Waals surface area contributed by atoms with Crippen LogP contribution in [0.15, 0.2) is 10.6 Å². The summed E-state index contributed by atoms with van der Waals surface area (Å²) in [6.07, 6.45) is 0.717. The SMILES string of the molecule is Cc1nc(CCNc2cc(N)ns2)no1. The van der Waals surface area contributed by atoms with Crippen LogP contribution in [-0.4, -0.2) is 21.1 Å². The van der Waals surface area contributed by atoms with E-state index in [0.717, 1.165) is 18.0 Å². The zero-order valence-electron chi connectivity index (χ0n) is 8.23. The molecule has 3 N–H and O–H groups in total. The second-order valence-electron chi connectivity index (χ2n) is 3.02. The fourth-order valence-electron chi connectivity index (χ4n) is 1.11. The number of aryl methyl sites for hydroxylation is 1. The summed E-state index contributed by atoms with van der Waals surface area (Å²) >= 11 is 1.34. The molecule has 0 saturated carbocycles. The third-order valence-electron chi connectivity index (χ3n) is 1.75. The standard InChI is InChI=1S/C8H11N5OS/c1-5-11-7(12-14-5)2-3-10-8-4-6(9)13-15-8/h4,10H,2-3H2,1H3,(H2,9,13). The van der Waals surface area contributed by atoms with Crippen LogP contribution in [0.5, 0.6) is 0 Å². The van der Waals surface area contributed by atoms with E-state index in [-0.39, 0.29) is 0 Å². The van der Waals surface area contributed by atoms with Crippen molar-refractivity contribution >= 4 is 22.4 Å². The molecule has 7 heteroatoms. The van der Waals surface area contributed by atoms with Gasteiger partial charge in [-0.3, -0.25) is 0 Å². The van der Waals surface area contributed by atoms with E-state index in [4.69, 9.17) is 10.3 Å². The summed E-state index contributed by atoms with van der Waals surface area (Å²) in [6, 6.07) is 1.80. The Hall–Kier alpha value is -1.63. The average Bonchev–Trinajstić information content (AvgIpc) is 2.76. The highest BCUT2D eigenvalue weighted by molar-refractivity contribution is 7.10. The summed E-state index contributed by atoms with van der Waals surface area (Å²) in [5, 5.41) is 7.92. The number of nitrogens with zero attached hydrogens (tertiary/aromatic N) is 3. The average molecular weight is 225 g/mol. The van der Waals surface area contributed by atoms with E-state index in [0.29, 0.717) is 17.5 Å². The van der Waals surface area contributed by atoms with Gasteiger partial charge in [0.25, 0.3) is 0 Å². The van der Waals surface area contributed by atoms with Gasteiger partial charge in [-0.2, -0.15) is 9.36 Å². The Balaban J connectivity index is 1.80. The minimum Gasteiger partial charge on any atom is -0.383 e. The lowest BCUT2D eigenvalue weighted by Crippen LogP contribution is -2.04. The van der Waals surface area contributed by atoms with Gasteiger partial charge >= 0.3 is 0 Å². The minimum atomic E-state index is 0.540. The predicted molar refractivity (Wildman–Crippen MR) is 57.8 cm³/mol. The third-order valence-corrected chi connectivity index (χ3v) is 2.51. The van der Waals surface area contributed by atoms with Gasteiger partial charge in [-0.1, -0.05) is 5.16 Å². The van der Waals surface area contributed by atoms with E-state index in [9.17, 15) is 0 Å². The van der Waals surface area contributed by atoms with Crippen LogP contribution in [0.25, 0.3) is 0 Å². The molecule has 0 aromatic carbocycles. The van der Waals surface area contributed by atoms with Crippen LogP contribution in [0.2, 0.25) is 0 Å². The molecule has 0 atom stereocenters. The van der Waals surface area contributed by atoms with Crippen LogP contribution in [-0.2, 0) is 6.42 Å². The largest absolute Gasteiger partial charge is 0.383 e. The van der Waals surface area contributed by atoms with Gasteiger partial charge in [-0.25, -0.2) is 0 Å². The van der Waals surface area contributed by atoms with E-state index >= 15 is 0 Å². The zero-order valence-corrected chi connectivity index (χ0v) is 9.04. The lowest BCUT2D eigenvalue weighted by atomic mass is 10.4. The number of rotatable bonds is 4. The van der Waals surface area contributed by atoms with Crippen molar-refractivity contribution in [3.05, 3.63) is 17.8 Å². The molecular formula is C8H11N5OS. The third kappa shape index (κ3) is 2.66. The van der Waals surface area contributed by atoms with Crippen LogP contribution < -0.4 is 11.1 Å². The molecule has 0 aliphatic rings. The van der Waals surface area contributed by atoms with Gasteiger partial charge in [-0.05, 0) is 11.5 Å². The van der Waals surface area contributed by atoms with Gasteiger partial charge < -0.3 is 15.6 Å². The van der Waals surface area contributed by atoms with Gasteiger partial charge in [0.2, 0.25) is 5.89 Å². The van der Waals surface area contributed by atoms with Crippen molar-refractivity contribution in [1.29, 1.82) is 0 Å². The molecule has 15 heavy (non-hydrogen) atoms. The van der Waals surface area contributed by atoms with Crippen molar-refractivity contribution in [3.8, 4) is 0 Å². The first-order valence-electron chi connectivity index (χ1n) is 4.49. The number of nitrogens with one attached hydrogen (secondary N) is 1. The number of hydrogen-bond donors (Lipinski definition) is 2. The topological polar surface area (TPSA) is 89.9 Å². The Bertz CT molecular complexity index is 397. The highest BCUT2D eigenvalue weighted by Gasteiger charge is 2.02. The Labute approximate surface area is 90.7 Å². The van der Waals surface area contributed by atoms with Crippen LogP contribution in [0.1, 0.15) is 11.7 Å². The molecule has 0 aliphatic heterocycles. The fourth-order valence-corrected chi connectivity index (χ4v) is 1.71. The lowest BCUT2D eigenvalue weighted by Gasteiger charge is -1.98. The molecule has 6 nitrogen and oxygen atoms in total. The molecule has 0 spiro atoms. The van der Waals surface area contributed by atoms with Crippen LogP contribution in [0.4, 0.5) is 10.8 Å². The van der Waals surface area contributed by atoms with Crippen molar-refractivity contribution in [2.45, 2.75) is 13.3 Å². The smallest absolute Gasteiger partial charge is 0.223 e. The summed E-state index contributed by atoms with van der Waals surface area (Å²) in [6.45, 7) is 2.51. The molecule has 0 radical (unpaired) electrons. The summed E-state index contributed by atoms with van der Waals surface area (Å²) in [5.41, 5.74) is 5.48. The highest BCUT2D eigenvalue weighted by Crippen LogP contribution is 2.16. The van der Waals surface area contributed by atoms with Crippen LogP contribution in [0.3, 0.4) is 0 Å². The molecule has 2 rings (SSSR count). The molecule has 80 valence electrons. The number of aromatic nitrogens is 3. The minimum absolute atomic E-state index is 0.540. The zero-order chi connectivity index (χ0) is 10.7. The van der Waals surface area contributed by atoms with Gasteiger partial charge in [0, 0.05) is 26.0 Å². The first-order chi connectivity index (χ1) is 7.24. The van der Waals surface area contributed by atoms with Gasteiger partial charge in [0.1, 0.15) is 10.8 Å². The molecule has 0 unspecified atom stereocenters. The monoisotopic (exact) mass is 225 g/mol. The summed E-state index contributed by atoms with van der Waals surface area (Å²) < 4.78 is 8.81. The number of hydrogen-bond acceptors (Lipinski definition) is 7. The number of nitrogen functional groups attached to an aromatic ring is 1. The first kappa shape index (κ1) is 9.91. The maximum Gasteiger partial charge on any atom is 0.223 e.